The van der Waals surface area contributed by atoms with Crippen LogP contribution in [0.2, 0.25) is 0 Å². The van der Waals surface area contributed by atoms with Crippen molar-refractivity contribution in [3.8, 4) is 0 Å². The van der Waals surface area contributed by atoms with E-state index >= 15 is 0 Å². The minimum absolute atomic E-state index is 0.0238. The number of aromatic nitrogens is 2. The summed E-state index contributed by atoms with van der Waals surface area (Å²) >= 11 is 0. The topological polar surface area (TPSA) is 90.1 Å². The van der Waals surface area contributed by atoms with E-state index in [1.165, 1.54) is 16.7 Å². The molecule has 0 fully saturated rings. The van der Waals surface area contributed by atoms with E-state index in [0.29, 0.717) is 13.1 Å². The van der Waals surface area contributed by atoms with Crippen molar-refractivity contribution in [1.82, 2.24) is 25.7 Å². The minimum atomic E-state index is -0.288. The number of rotatable bonds is 3. The largest absolute Gasteiger partial charge is 0.336 e. The number of amides is 3. The van der Waals surface area contributed by atoms with Crippen LogP contribution in [0.5, 0.6) is 0 Å². The number of nitrogens with one attached hydrogen (secondary N) is 3. The molecule has 2 heterocycles. The Labute approximate surface area is 152 Å². The van der Waals surface area contributed by atoms with Crippen LogP contribution >= 0.6 is 0 Å². The molecule has 4 rings (SSSR count). The maximum Gasteiger partial charge on any atom is 0.315 e. The lowest BCUT2D eigenvalue weighted by Crippen LogP contribution is -2.48. The Morgan fingerprint density at radius 2 is 2.04 bits per heavy atom. The lowest BCUT2D eigenvalue weighted by atomic mass is 9.94. The molecule has 0 saturated heterocycles. The van der Waals surface area contributed by atoms with Gasteiger partial charge in [0.25, 0.3) is 0 Å². The zero-order valence-corrected chi connectivity index (χ0v) is 14.6. The van der Waals surface area contributed by atoms with Crippen molar-refractivity contribution >= 4 is 11.9 Å². The molecule has 1 aliphatic carbocycles. The molecular weight excluding hydrogens is 330 g/mol. The van der Waals surface area contributed by atoms with E-state index in [4.69, 9.17) is 0 Å². The molecule has 7 heteroatoms. The van der Waals surface area contributed by atoms with Gasteiger partial charge in [0, 0.05) is 31.2 Å². The summed E-state index contributed by atoms with van der Waals surface area (Å²) < 4.78 is 0. The van der Waals surface area contributed by atoms with Crippen molar-refractivity contribution in [3.63, 3.8) is 0 Å². The fraction of sp³-hybridized carbons (Fsp3) is 0.421. The fourth-order valence-corrected chi connectivity index (χ4v) is 3.74. The van der Waals surface area contributed by atoms with E-state index in [1.807, 2.05) is 18.3 Å². The van der Waals surface area contributed by atoms with Gasteiger partial charge in [0.15, 0.2) is 0 Å². The summed E-state index contributed by atoms with van der Waals surface area (Å²) in [5, 5.41) is 12.7. The highest BCUT2D eigenvalue weighted by atomic mass is 16.2. The Balaban J connectivity index is 1.24. The van der Waals surface area contributed by atoms with Crippen LogP contribution in [-0.4, -0.2) is 46.2 Å². The first-order valence-electron chi connectivity index (χ1n) is 9.09. The highest BCUT2D eigenvalue weighted by Crippen LogP contribution is 2.19. The number of aryl methyl sites for hydroxylation is 1. The standard InChI is InChI=1S/C19H23N5O2/c25-18(24-8-7-13-3-1-2-4-15(13)12-24)11-20-19(26)22-16-6-5-14-10-21-23-17(14)9-16/h1-4,10,16H,5-9,11-12H2,(H,21,23)(H2,20,22,26)/t16-/m0/s1. The smallest absolute Gasteiger partial charge is 0.315 e. The summed E-state index contributed by atoms with van der Waals surface area (Å²) in [6.45, 7) is 1.34. The Hall–Kier alpha value is -2.83. The summed E-state index contributed by atoms with van der Waals surface area (Å²) in [5.74, 6) is -0.0471. The van der Waals surface area contributed by atoms with Gasteiger partial charge in [0.05, 0.1) is 12.7 Å². The van der Waals surface area contributed by atoms with Crippen LogP contribution in [-0.2, 0) is 30.6 Å². The van der Waals surface area contributed by atoms with Crippen LogP contribution in [0.25, 0.3) is 0 Å². The molecule has 1 aromatic carbocycles. The molecule has 2 aromatic rings. The lowest BCUT2D eigenvalue weighted by Gasteiger charge is -2.29. The maximum absolute atomic E-state index is 12.4. The summed E-state index contributed by atoms with van der Waals surface area (Å²) in [6.07, 6.45) is 5.25. The van der Waals surface area contributed by atoms with Crippen molar-refractivity contribution in [2.75, 3.05) is 13.1 Å². The number of hydrogen-bond acceptors (Lipinski definition) is 3. The van der Waals surface area contributed by atoms with Gasteiger partial charge in [-0.15, -0.1) is 0 Å². The average molecular weight is 353 g/mol. The Morgan fingerprint density at radius 3 is 2.92 bits per heavy atom. The molecule has 0 radical (unpaired) electrons. The van der Waals surface area contributed by atoms with Crippen LogP contribution in [0.4, 0.5) is 4.79 Å². The highest BCUT2D eigenvalue weighted by Gasteiger charge is 2.23. The van der Waals surface area contributed by atoms with E-state index in [-0.39, 0.29) is 24.5 Å². The first-order valence-corrected chi connectivity index (χ1v) is 9.09. The second kappa shape index (κ2) is 7.19. The lowest BCUT2D eigenvalue weighted by molar-refractivity contribution is -0.131. The quantitative estimate of drug-likeness (QED) is 0.773. The van der Waals surface area contributed by atoms with Crippen molar-refractivity contribution in [1.29, 1.82) is 0 Å². The van der Waals surface area contributed by atoms with Gasteiger partial charge < -0.3 is 15.5 Å². The van der Waals surface area contributed by atoms with Crippen LogP contribution in [0.1, 0.15) is 28.8 Å². The van der Waals surface area contributed by atoms with Crippen LogP contribution in [0, 0.1) is 0 Å². The van der Waals surface area contributed by atoms with E-state index in [1.54, 1.807) is 4.90 Å². The molecule has 26 heavy (non-hydrogen) atoms. The van der Waals surface area contributed by atoms with Gasteiger partial charge in [-0.2, -0.15) is 5.10 Å². The molecule has 1 aromatic heterocycles. The van der Waals surface area contributed by atoms with Gasteiger partial charge in [-0.3, -0.25) is 9.89 Å². The molecule has 1 atom stereocenters. The van der Waals surface area contributed by atoms with Crippen molar-refractivity contribution < 1.29 is 9.59 Å². The van der Waals surface area contributed by atoms with E-state index in [2.05, 4.69) is 33.0 Å². The number of aromatic amines is 1. The van der Waals surface area contributed by atoms with Gasteiger partial charge in [0.1, 0.15) is 0 Å². The molecule has 1 aliphatic heterocycles. The number of carbonyl (C=O) groups excluding carboxylic acids is 2. The molecule has 7 nitrogen and oxygen atoms in total. The van der Waals surface area contributed by atoms with Gasteiger partial charge in [0.2, 0.25) is 5.91 Å². The highest BCUT2D eigenvalue weighted by molar-refractivity contribution is 5.84. The summed E-state index contributed by atoms with van der Waals surface area (Å²) in [5.41, 5.74) is 4.81. The summed E-state index contributed by atoms with van der Waals surface area (Å²) in [6, 6.07) is 7.97. The second-order valence-corrected chi connectivity index (χ2v) is 6.97. The molecule has 0 spiro atoms. The third-order valence-corrected chi connectivity index (χ3v) is 5.24. The number of H-pyrrole nitrogens is 1. The van der Waals surface area contributed by atoms with E-state index in [0.717, 1.165) is 31.4 Å². The number of carbonyl (C=O) groups is 2. The second-order valence-electron chi connectivity index (χ2n) is 6.97. The minimum Gasteiger partial charge on any atom is -0.336 e. The Bertz CT molecular complexity index is 816. The predicted molar refractivity (Wildman–Crippen MR) is 96.5 cm³/mol. The number of urea groups is 1. The monoisotopic (exact) mass is 353 g/mol. The molecular formula is C19H23N5O2. The zero-order valence-electron chi connectivity index (χ0n) is 14.6. The molecule has 136 valence electrons. The molecule has 3 amide bonds. The van der Waals surface area contributed by atoms with E-state index in [9.17, 15) is 9.59 Å². The van der Waals surface area contributed by atoms with Gasteiger partial charge in [-0.1, -0.05) is 24.3 Å². The zero-order chi connectivity index (χ0) is 17.9. The number of benzene rings is 1. The van der Waals surface area contributed by atoms with Gasteiger partial charge >= 0.3 is 6.03 Å². The van der Waals surface area contributed by atoms with Gasteiger partial charge in [-0.05, 0) is 36.0 Å². The Kier molecular flexibility index (Phi) is 4.60. The summed E-state index contributed by atoms with van der Waals surface area (Å²) in [4.78, 5) is 26.3. The molecule has 0 saturated carbocycles. The normalized spacial score (nSPS) is 18.6. The number of hydrogen-bond donors (Lipinski definition) is 3. The van der Waals surface area contributed by atoms with Crippen molar-refractivity contribution in [3.05, 3.63) is 52.8 Å². The molecule has 2 aliphatic rings. The summed E-state index contributed by atoms with van der Waals surface area (Å²) in [7, 11) is 0. The number of nitrogens with zero attached hydrogens (tertiary/aromatic N) is 2. The Morgan fingerprint density at radius 1 is 1.19 bits per heavy atom. The first-order chi connectivity index (χ1) is 12.7. The van der Waals surface area contributed by atoms with E-state index < -0.39 is 0 Å². The predicted octanol–water partition coefficient (Wildman–Crippen LogP) is 1.15. The third kappa shape index (κ3) is 3.56. The SMILES string of the molecule is O=C(NCC(=O)N1CCc2ccccc2C1)N[C@H]1CCc2cn[nH]c2C1. The molecule has 0 unspecified atom stereocenters. The van der Waals surface area contributed by atoms with Gasteiger partial charge in [-0.25, -0.2) is 4.79 Å². The fourth-order valence-electron chi connectivity index (χ4n) is 3.74. The average Bonchev–Trinajstić information content (AvgIpc) is 3.13. The van der Waals surface area contributed by atoms with Crippen molar-refractivity contribution in [2.45, 2.75) is 38.3 Å². The van der Waals surface area contributed by atoms with Crippen LogP contribution in [0.3, 0.4) is 0 Å². The maximum atomic E-state index is 12.4. The van der Waals surface area contributed by atoms with Crippen LogP contribution in [0.15, 0.2) is 30.5 Å². The third-order valence-electron chi connectivity index (χ3n) is 5.24. The van der Waals surface area contributed by atoms with Crippen LogP contribution < -0.4 is 10.6 Å². The molecule has 3 N–H and O–H groups in total. The molecule has 0 bridgehead atoms. The number of fused-ring (bicyclic) bond motifs is 2. The van der Waals surface area contributed by atoms with Crippen molar-refractivity contribution in [2.24, 2.45) is 0 Å². The first kappa shape index (κ1) is 16.6.